The van der Waals surface area contributed by atoms with Gasteiger partial charge in [-0.1, -0.05) is 24.3 Å². The summed E-state index contributed by atoms with van der Waals surface area (Å²) in [5, 5.41) is 5.83. The Morgan fingerprint density at radius 2 is 1.63 bits per heavy atom. The number of carbonyl (C=O) groups is 2. The van der Waals surface area contributed by atoms with Gasteiger partial charge in [0.15, 0.2) is 5.69 Å². The lowest BCUT2D eigenvalue weighted by molar-refractivity contribution is 0.0908. The van der Waals surface area contributed by atoms with E-state index in [-0.39, 0.29) is 23.3 Å². The fourth-order valence-corrected chi connectivity index (χ4v) is 2.95. The number of carbonyl (C=O) groups excluding carboxylic acids is 2. The fraction of sp³-hybridized carbons (Fsp3) is 0.286. The van der Waals surface area contributed by atoms with E-state index in [1.165, 1.54) is 0 Å². The maximum absolute atomic E-state index is 12.9. The van der Waals surface area contributed by atoms with E-state index in [2.05, 4.69) is 15.6 Å². The van der Waals surface area contributed by atoms with Crippen LogP contribution in [-0.2, 0) is 0 Å². The van der Waals surface area contributed by atoms with E-state index in [0.29, 0.717) is 5.52 Å². The summed E-state index contributed by atoms with van der Waals surface area (Å²) in [7, 11) is 0. The zero-order valence-electron chi connectivity index (χ0n) is 16.3. The van der Waals surface area contributed by atoms with Gasteiger partial charge in [-0.05, 0) is 57.9 Å². The molecule has 0 fully saturated rings. The molecule has 2 aromatic heterocycles. The SMILES string of the molecule is Cc1cccc(C)c1NC(=O)c1nc(C(=O)NC(C)(C)C)n2ccccc12. The molecule has 0 spiro atoms. The van der Waals surface area contributed by atoms with E-state index in [1.54, 1.807) is 22.7 Å². The third-order valence-electron chi connectivity index (χ3n) is 4.17. The van der Waals surface area contributed by atoms with Crippen LogP contribution >= 0.6 is 0 Å². The number of nitrogens with one attached hydrogen (secondary N) is 2. The summed E-state index contributed by atoms with van der Waals surface area (Å²) >= 11 is 0. The molecular weight excluding hydrogens is 340 g/mol. The fourth-order valence-electron chi connectivity index (χ4n) is 2.95. The second-order valence-electron chi connectivity index (χ2n) is 7.66. The number of pyridine rings is 1. The molecule has 0 bridgehead atoms. The Hall–Kier alpha value is -3.15. The summed E-state index contributed by atoms with van der Waals surface area (Å²) in [5.74, 6) is -0.479. The van der Waals surface area contributed by atoms with Crippen molar-refractivity contribution in [1.82, 2.24) is 14.7 Å². The highest BCUT2D eigenvalue weighted by Gasteiger charge is 2.24. The Kier molecular flexibility index (Phi) is 4.74. The maximum Gasteiger partial charge on any atom is 0.288 e. The summed E-state index contributed by atoms with van der Waals surface area (Å²) in [5.41, 5.74) is 3.10. The van der Waals surface area contributed by atoms with Gasteiger partial charge in [-0.2, -0.15) is 0 Å². The average Bonchev–Trinajstić information content (AvgIpc) is 2.96. The molecule has 0 unspecified atom stereocenters. The summed E-state index contributed by atoms with van der Waals surface area (Å²) < 4.78 is 1.64. The Bertz CT molecular complexity index is 1010. The van der Waals surface area contributed by atoms with Crippen LogP contribution in [-0.4, -0.2) is 26.7 Å². The highest BCUT2D eigenvalue weighted by molar-refractivity contribution is 6.09. The second kappa shape index (κ2) is 6.87. The van der Waals surface area contributed by atoms with Crippen LogP contribution in [0.4, 0.5) is 5.69 Å². The Morgan fingerprint density at radius 1 is 0.963 bits per heavy atom. The third kappa shape index (κ3) is 3.84. The highest BCUT2D eigenvalue weighted by Crippen LogP contribution is 2.22. The van der Waals surface area contributed by atoms with Crippen molar-refractivity contribution in [2.45, 2.75) is 40.2 Å². The van der Waals surface area contributed by atoms with Gasteiger partial charge in [-0.3, -0.25) is 14.0 Å². The van der Waals surface area contributed by atoms with Crippen molar-refractivity contribution < 1.29 is 9.59 Å². The topological polar surface area (TPSA) is 75.5 Å². The zero-order chi connectivity index (χ0) is 19.8. The molecule has 6 heteroatoms. The van der Waals surface area contributed by atoms with Gasteiger partial charge in [0.25, 0.3) is 11.8 Å². The number of amides is 2. The number of benzene rings is 1. The summed E-state index contributed by atoms with van der Waals surface area (Å²) in [6.45, 7) is 9.58. The second-order valence-corrected chi connectivity index (χ2v) is 7.66. The van der Waals surface area contributed by atoms with Crippen LogP contribution < -0.4 is 10.6 Å². The summed E-state index contributed by atoms with van der Waals surface area (Å²) in [6.07, 6.45) is 1.73. The van der Waals surface area contributed by atoms with Crippen LogP contribution in [0.25, 0.3) is 5.52 Å². The smallest absolute Gasteiger partial charge is 0.288 e. The van der Waals surface area contributed by atoms with E-state index in [4.69, 9.17) is 0 Å². The predicted molar refractivity (Wildman–Crippen MR) is 106 cm³/mol. The molecule has 3 aromatic rings. The largest absolute Gasteiger partial charge is 0.345 e. The molecule has 2 N–H and O–H groups in total. The normalized spacial score (nSPS) is 11.4. The van der Waals surface area contributed by atoms with E-state index in [0.717, 1.165) is 16.8 Å². The molecule has 2 amide bonds. The predicted octanol–water partition coefficient (Wildman–Crippen LogP) is 3.73. The number of para-hydroxylation sites is 1. The van der Waals surface area contributed by atoms with Crippen molar-refractivity contribution in [3.8, 4) is 0 Å². The van der Waals surface area contributed by atoms with Crippen LogP contribution in [0.2, 0.25) is 0 Å². The number of fused-ring (bicyclic) bond motifs is 1. The summed E-state index contributed by atoms with van der Waals surface area (Å²) in [6, 6.07) is 11.2. The van der Waals surface area contributed by atoms with Gasteiger partial charge in [-0.25, -0.2) is 4.98 Å². The number of hydrogen-bond donors (Lipinski definition) is 2. The van der Waals surface area contributed by atoms with Crippen molar-refractivity contribution in [3.05, 3.63) is 65.2 Å². The molecule has 3 rings (SSSR count). The lowest BCUT2D eigenvalue weighted by Crippen LogP contribution is -2.41. The Labute approximate surface area is 158 Å². The number of anilines is 1. The molecule has 1 aromatic carbocycles. The quantitative estimate of drug-likeness (QED) is 0.743. The van der Waals surface area contributed by atoms with Crippen LogP contribution in [0.3, 0.4) is 0 Å². The summed E-state index contributed by atoms with van der Waals surface area (Å²) in [4.78, 5) is 30.0. The molecule has 0 atom stereocenters. The van der Waals surface area contributed by atoms with Crippen LogP contribution in [0.1, 0.15) is 53.0 Å². The number of imidazole rings is 1. The first-order valence-corrected chi connectivity index (χ1v) is 8.84. The number of aromatic nitrogens is 2. The first-order chi connectivity index (χ1) is 12.7. The minimum Gasteiger partial charge on any atom is -0.345 e. The van der Waals surface area contributed by atoms with Crippen LogP contribution in [0, 0.1) is 13.8 Å². The molecule has 140 valence electrons. The van der Waals surface area contributed by atoms with Crippen LogP contribution in [0.5, 0.6) is 0 Å². The Balaban J connectivity index is 2.02. The van der Waals surface area contributed by atoms with Crippen molar-refractivity contribution in [2.24, 2.45) is 0 Å². The molecule has 0 aliphatic heterocycles. The minimum atomic E-state index is -0.404. The van der Waals surface area contributed by atoms with Gasteiger partial charge in [0.2, 0.25) is 5.82 Å². The molecule has 0 aliphatic rings. The lowest BCUT2D eigenvalue weighted by Gasteiger charge is -2.19. The molecule has 6 nitrogen and oxygen atoms in total. The molecule has 27 heavy (non-hydrogen) atoms. The van der Waals surface area contributed by atoms with Gasteiger partial charge >= 0.3 is 0 Å². The van der Waals surface area contributed by atoms with Gasteiger partial charge < -0.3 is 10.6 Å². The van der Waals surface area contributed by atoms with E-state index in [1.807, 2.05) is 58.9 Å². The average molecular weight is 364 g/mol. The third-order valence-corrected chi connectivity index (χ3v) is 4.17. The highest BCUT2D eigenvalue weighted by atomic mass is 16.2. The van der Waals surface area contributed by atoms with Crippen molar-refractivity contribution in [2.75, 3.05) is 5.32 Å². The minimum absolute atomic E-state index is 0.187. The van der Waals surface area contributed by atoms with Crippen molar-refractivity contribution >= 4 is 23.0 Å². The molecule has 2 heterocycles. The standard InChI is InChI=1S/C21H24N4O2/c1-13-9-8-10-14(2)16(13)23-19(26)17-15-11-6-7-12-25(15)18(22-17)20(27)24-21(3,4)5/h6-12H,1-5H3,(H,23,26)(H,24,27). The zero-order valence-corrected chi connectivity index (χ0v) is 16.3. The van der Waals surface area contributed by atoms with E-state index >= 15 is 0 Å². The van der Waals surface area contributed by atoms with Crippen molar-refractivity contribution in [1.29, 1.82) is 0 Å². The molecular formula is C21H24N4O2. The molecule has 0 saturated heterocycles. The van der Waals surface area contributed by atoms with Gasteiger partial charge in [0.1, 0.15) is 0 Å². The first-order valence-electron chi connectivity index (χ1n) is 8.84. The molecule has 0 radical (unpaired) electrons. The monoisotopic (exact) mass is 364 g/mol. The van der Waals surface area contributed by atoms with Crippen LogP contribution in [0.15, 0.2) is 42.6 Å². The van der Waals surface area contributed by atoms with E-state index in [9.17, 15) is 9.59 Å². The van der Waals surface area contributed by atoms with Crippen molar-refractivity contribution in [3.63, 3.8) is 0 Å². The lowest BCUT2D eigenvalue weighted by atomic mass is 10.1. The Morgan fingerprint density at radius 3 is 2.26 bits per heavy atom. The van der Waals surface area contributed by atoms with Gasteiger partial charge in [0, 0.05) is 17.4 Å². The molecule has 0 saturated carbocycles. The number of rotatable bonds is 3. The molecule has 0 aliphatic carbocycles. The number of hydrogen-bond acceptors (Lipinski definition) is 3. The maximum atomic E-state index is 12.9. The first kappa shape index (κ1) is 18.6. The van der Waals surface area contributed by atoms with E-state index < -0.39 is 5.54 Å². The number of aryl methyl sites for hydroxylation is 2. The number of nitrogens with zero attached hydrogens (tertiary/aromatic N) is 2. The van der Waals surface area contributed by atoms with Gasteiger partial charge in [-0.15, -0.1) is 0 Å². The van der Waals surface area contributed by atoms with Gasteiger partial charge in [0.05, 0.1) is 5.52 Å².